The Kier molecular flexibility index (Phi) is 7.29. The first kappa shape index (κ1) is 22.0. The van der Waals surface area contributed by atoms with Crippen molar-refractivity contribution in [3.63, 3.8) is 0 Å². The maximum Gasteiger partial charge on any atom is 0.265 e. The van der Waals surface area contributed by atoms with E-state index < -0.39 is 22.0 Å². The number of hydrogen-bond acceptors (Lipinski definition) is 5. The fourth-order valence-electron chi connectivity index (χ4n) is 2.35. The van der Waals surface area contributed by atoms with Crippen LogP contribution in [0.15, 0.2) is 47.4 Å². The summed E-state index contributed by atoms with van der Waals surface area (Å²) in [4.78, 5) is 12.5. The van der Waals surface area contributed by atoms with E-state index >= 15 is 0 Å². The highest BCUT2D eigenvalue weighted by Crippen LogP contribution is 2.29. The molecule has 2 aromatic rings. The summed E-state index contributed by atoms with van der Waals surface area (Å²) in [7, 11) is -2.30. The summed E-state index contributed by atoms with van der Waals surface area (Å²) in [5.41, 5.74) is 0.216. The predicted molar refractivity (Wildman–Crippen MR) is 109 cm³/mol. The molecule has 0 unspecified atom stereocenters. The second-order valence-corrected chi connectivity index (χ2v) is 8.44. The molecular weight excluding hydrogens is 404 g/mol. The number of amides is 1. The number of anilines is 1. The molecule has 0 aromatic heterocycles. The summed E-state index contributed by atoms with van der Waals surface area (Å²) < 4.78 is 38.1. The zero-order valence-corrected chi connectivity index (χ0v) is 17.6. The molecule has 0 saturated heterocycles. The van der Waals surface area contributed by atoms with Gasteiger partial charge in [-0.3, -0.25) is 4.79 Å². The van der Waals surface area contributed by atoms with Crippen molar-refractivity contribution in [2.45, 2.75) is 37.8 Å². The zero-order chi connectivity index (χ0) is 20.9. The molecular formula is C19H23ClN2O5S. The second-order valence-electron chi connectivity index (χ2n) is 6.32. The maximum absolute atomic E-state index is 12.5. The summed E-state index contributed by atoms with van der Waals surface area (Å²) in [6.45, 7) is 5.00. The number of hydrogen-bond donors (Lipinski definition) is 2. The highest BCUT2D eigenvalue weighted by Gasteiger charge is 2.21. The number of benzene rings is 2. The van der Waals surface area contributed by atoms with E-state index in [0.29, 0.717) is 16.5 Å². The van der Waals surface area contributed by atoms with Crippen molar-refractivity contribution < 1.29 is 22.7 Å². The monoisotopic (exact) mass is 426 g/mol. The van der Waals surface area contributed by atoms with Crippen LogP contribution < -0.4 is 19.5 Å². The van der Waals surface area contributed by atoms with Crippen molar-refractivity contribution >= 4 is 33.2 Å². The van der Waals surface area contributed by atoms with Crippen LogP contribution in [-0.4, -0.2) is 33.6 Å². The summed E-state index contributed by atoms with van der Waals surface area (Å²) in [5, 5.41) is 3.02. The molecule has 0 bridgehead atoms. The largest absolute Gasteiger partial charge is 0.495 e. The molecule has 2 N–H and O–H groups in total. The van der Waals surface area contributed by atoms with Gasteiger partial charge in [0.15, 0.2) is 6.10 Å². The van der Waals surface area contributed by atoms with Crippen LogP contribution in [0.3, 0.4) is 0 Å². The van der Waals surface area contributed by atoms with Crippen LogP contribution in [0.25, 0.3) is 0 Å². The molecule has 0 aliphatic rings. The lowest BCUT2D eigenvalue weighted by Gasteiger charge is -2.18. The molecule has 0 aliphatic heterocycles. The van der Waals surface area contributed by atoms with Crippen LogP contribution in [0, 0.1) is 0 Å². The average molecular weight is 427 g/mol. The number of carbonyl (C=O) groups excluding carboxylic acids is 1. The molecule has 0 heterocycles. The Hall–Kier alpha value is -2.29. The third kappa shape index (κ3) is 5.60. The minimum Gasteiger partial charge on any atom is -0.495 e. The minimum absolute atomic E-state index is 0.0111. The van der Waals surface area contributed by atoms with E-state index in [1.807, 2.05) is 0 Å². The Bertz CT molecular complexity index is 947. The second kappa shape index (κ2) is 9.27. The number of rotatable bonds is 8. The van der Waals surface area contributed by atoms with E-state index in [0.717, 1.165) is 0 Å². The number of para-hydroxylation sites is 1. The van der Waals surface area contributed by atoms with Gasteiger partial charge in [0.05, 0.1) is 22.7 Å². The van der Waals surface area contributed by atoms with Crippen molar-refractivity contribution in [2.24, 2.45) is 0 Å². The van der Waals surface area contributed by atoms with E-state index in [1.54, 1.807) is 45.0 Å². The van der Waals surface area contributed by atoms with Crippen molar-refractivity contribution in [1.29, 1.82) is 0 Å². The first-order valence-electron chi connectivity index (χ1n) is 8.56. The van der Waals surface area contributed by atoms with Gasteiger partial charge in [-0.05, 0) is 51.1 Å². The molecule has 0 fully saturated rings. The average Bonchev–Trinajstić information content (AvgIpc) is 2.62. The van der Waals surface area contributed by atoms with Crippen LogP contribution in [0.4, 0.5) is 5.69 Å². The molecule has 7 nitrogen and oxygen atoms in total. The highest BCUT2D eigenvalue weighted by molar-refractivity contribution is 7.89. The van der Waals surface area contributed by atoms with E-state index in [-0.39, 0.29) is 16.6 Å². The highest BCUT2D eigenvalue weighted by atomic mass is 35.5. The molecule has 0 saturated carbocycles. The Morgan fingerprint density at radius 2 is 1.75 bits per heavy atom. The number of methoxy groups -OCH3 is 1. The first-order valence-corrected chi connectivity index (χ1v) is 10.4. The Morgan fingerprint density at radius 1 is 1.07 bits per heavy atom. The number of halogens is 1. The topological polar surface area (TPSA) is 93.7 Å². The normalized spacial score (nSPS) is 12.5. The first-order chi connectivity index (χ1) is 13.1. The van der Waals surface area contributed by atoms with Gasteiger partial charge in [0.2, 0.25) is 10.0 Å². The molecule has 1 atom stereocenters. The lowest BCUT2D eigenvalue weighted by molar-refractivity contribution is -0.122. The van der Waals surface area contributed by atoms with E-state index in [2.05, 4.69) is 10.0 Å². The van der Waals surface area contributed by atoms with E-state index in [9.17, 15) is 13.2 Å². The molecule has 0 radical (unpaired) electrons. The van der Waals surface area contributed by atoms with Crippen molar-refractivity contribution in [2.75, 3.05) is 12.4 Å². The van der Waals surface area contributed by atoms with Crippen molar-refractivity contribution in [3.8, 4) is 11.5 Å². The lowest BCUT2D eigenvalue weighted by Crippen LogP contribution is -2.31. The Labute approximate surface area is 170 Å². The van der Waals surface area contributed by atoms with Gasteiger partial charge in [0.25, 0.3) is 5.91 Å². The van der Waals surface area contributed by atoms with Gasteiger partial charge >= 0.3 is 0 Å². The molecule has 0 aliphatic carbocycles. The predicted octanol–water partition coefficient (Wildman–Crippen LogP) is 3.44. The van der Waals surface area contributed by atoms with Crippen molar-refractivity contribution in [3.05, 3.63) is 47.5 Å². The number of carbonyl (C=O) groups is 1. The smallest absolute Gasteiger partial charge is 0.265 e. The molecule has 152 valence electrons. The van der Waals surface area contributed by atoms with E-state index in [1.165, 1.54) is 25.3 Å². The fourth-order valence-corrected chi connectivity index (χ4v) is 3.81. The van der Waals surface area contributed by atoms with Crippen LogP contribution in [0.2, 0.25) is 5.02 Å². The standard InChI is InChI=1S/C19H23ClN2O5S/c1-12(2)22-28(24,25)14-9-10-18(26-4)16(11-14)21-19(23)13(3)27-17-8-6-5-7-15(17)20/h5-13,22H,1-4H3,(H,21,23)/t13-/m1/s1. The van der Waals surface area contributed by atoms with Gasteiger partial charge in [-0.2, -0.15) is 0 Å². The van der Waals surface area contributed by atoms with Crippen molar-refractivity contribution in [1.82, 2.24) is 4.72 Å². The van der Waals surface area contributed by atoms with Gasteiger partial charge in [0.1, 0.15) is 11.5 Å². The molecule has 9 heteroatoms. The number of nitrogens with one attached hydrogen (secondary N) is 2. The maximum atomic E-state index is 12.5. The summed E-state index contributed by atoms with van der Waals surface area (Å²) in [6.07, 6.45) is -0.876. The van der Waals surface area contributed by atoms with Gasteiger partial charge in [0, 0.05) is 6.04 Å². The van der Waals surface area contributed by atoms with E-state index in [4.69, 9.17) is 21.1 Å². The summed E-state index contributed by atoms with van der Waals surface area (Å²) in [5.74, 6) is 0.211. The summed E-state index contributed by atoms with van der Waals surface area (Å²) >= 11 is 6.04. The van der Waals surface area contributed by atoms with Gasteiger partial charge < -0.3 is 14.8 Å². The van der Waals surface area contributed by atoms with Crippen LogP contribution in [-0.2, 0) is 14.8 Å². The third-order valence-corrected chi connectivity index (χ3v) is 5.61. The minimum atomic E-state index is -3.72. The zero-order valence-electron chi connectivity index (χ0n) is 16.0. The summed E-state index contributed by atoms with van der Waals surface area (Å²) in [6, 6.07) is 10.7. The van der Waals surface area contributed by atoms with Gasteiger partial charge in [-0.15, -0.1) is 0 Å². The van der Waals surface area contributed by atoms with Crippen LogP contribution in [0.5, 0.6) is 11.5 Å². The quantitative estimate of drug-likeness (QED) is 0.674. The van der Waals surface area contributed by atoms with Crippen LogP contribution in [0.1, 0.15) is 20.8 Å². The molecule has 28 heavy (non-hydrogen) atoms. The number of sulfonamides is 1. The van der Waals surface area contributed by atoms with Crippen LogP contribution >= 0.6 is 11.6 Å². The molecule has 2 aromatic carbocycles. The van der Waals surface area contributed by atoms with Gasteiger partial charge in [-0.1, -0.05) is 23.7 Å². The molecule has 2 rings (SSSR count). The molecule has 1 amide bonds. The number of ether oxygens (including phenoxy) is 2. The third-order valence-electron chi connectivity index (χ3n) is 3.64. The molecule has 0 spiro atoms. The lowest BCUT2D eigenvalue weighted by atomic mass is 10.2. The fraction of sp³-hybridized carbons (Fsp3) is 0.316. The Balaban J connectivity index is 2.22. The Morgan fingerprint density at radius 3 is 2.36 bits per heavy atom. The SMILES string of the molecule is COc1ccc(S(=O)(=O)NC(C)C)cc1NC(=O)[C@@H](C)Oc1ccccc1Cl. The van der Waals surface area contributed by atoms with Gasteiger partial charge in [-0.25, -0.2) is 13.1 Å².